The zero-order valence-corrected chi connectivity index (χ0v) is 19.3. The van der Waals surface area contributed by atoms with E-state index in [2.05, 4.69) is 11.1 Å². The van der Waals surface area contributed by atoms with Crippen molar-refractivity contribution in [2.75, 3.05) is 26.3 Å². The molecular weight excluding hydrogens is 452 g/mol. The third-order valence-electron chi connectivity index (χ3n) is 5.81. The number of benzene rings is 2. The van der Waals surface area contributed by atoms with Gasteiger partial charge < -0.3 is 13.7 Å². The van der Waals surface area contributed by atoms with E-state index < -0.39 is 10.0 Å². The minimum Gasteiger partial charge on any atom is -0.457 e. The number of morpholine rings is 1. The van der Waals surface area contributed by atoms with E-state index in [0.717, 1.165) is 16.6 Å². The van der Waals surface area contributed by atoms with Crippen LogP contribution in [0.2, 0.25) is 0 Å². The second-order valence-corrected chi connectivity index (χ2v) is 9.83. The van der Waals surface area contributed by atoms with Crippen molar-refractivity contribution in [1.29, 1.82) is 5.26 Å². The highest BCUT2D eigenvalue weighted by molar-refractivity contribution is 7.89. The number of fused-ring (bicyclic) bond motifs is 1. The van der Waals surface area contributed by atoms with E-state index >= 15 is 0 Å². The minimum atomic E-state index is -3.55. The summed E-state index contributed by atoms with van der Waals surface area (Å²) in [4.78, 5) is 4.81. The van der Waals surface area contributed by atoms with E-state index in [4.69, 9.17) is 9.15 Å². The van der Waals surface area contributed by atoms with Crippen molar-refractivity contribution in [2.24, 2.45) is 7.05 Å². The fourth-order valence-corrected chi connectivity index (χ4v) is 5.40. The number of nitriles is 1. The number of allylic oxidation sites excluding steroid dienone is 1. The Balaban J connectivity index is 1.40. The standard InChI is InChI=1S/C25H22N4O4S/c1-28-23-5-3-2-4-22(23)27-25(28)19(17-26)16-20-8-11-24(33-20)18-6-9-21(10-7-18)34(30,31)29-12-14-32-15-13-29/h2-11,16H,12-15H2,1H3/b19-16+. The normalized spacial score (nSPS) is 15.5. The molecule has 34 heavy (non-hydrogen) atoms. The number of imidazole rings is 1. The summed E-state index contributed by atoms with van der Waals surface area (Å²) in [6.45, 7) is 1.51. The Morgan fingerprint density at radius 2 is 1.79 bits per heavy atom. The molecule has 0 amide bonds. The first kappa shape index (κ1) is 22.1. The van der Waals surface area contributed by atoms with Crippen LogP contribution < -0.4 is 0 Å². The maximum Gasteiger partial charge on any atom is 0.243 e. The Bertz CT molecular complexity index is 1520. The highest BCUT2D eigenvalue weighted by Crippen LogP contribution is 2.28. The summed E-state index contributed by atoms with van der Waals surface area (Å²) in [6, 6.07) is 20.1. The predicted molar refractivity (Wildman–Crippen MR) is 128 cm³/mol. The highest BCUT2D eigenvalue weighted by atomic mass is 32.2. The monoisotopic (exact) mass is 474 g/mol. The second kappa shape index (κ2) is 8.91. The van der Waals surface area contributed by atoms with Gasteiger partial charge in [-0.3, -0.25) is 0 Å². The number of aryl methyl sites for hydroxylation is 1. The van der Waals surface area contributed by atoms with Crippen LogP contribution in [0, 0.1) is 11.3 Å². The molecule has 0 radical (unpaired) electrons. The number of rotatable bonds is 5. The Morgan fingerprint density at radius 1 is 1.06 bits per heavy atom. The fraction of sp³-hybridized carbons (Fsp3) is 0.200. The Morgan fingerprint density at radius 3 is 2.50 bits per heavy atom. The minimum absolute atomic E-state index is 0.235. The number of hydrogen-bond acceptors (Lipinski definition) is 6. The molecule has 0 atom stereocenters. The fourth-order valence-electron chi connectivity index (χ4n) is 3.99. The van der Waals surface area contributed by atoms with Crippen molar-refractivity contribution in [2.45, 2.75) is 4.90 Å². The van der Waals surface area contributed by atoms with E-state index in [1.54, 1.807) is 42.5 Å². The van der Waals surface area contributed by atoms with Gasteiger partial charge in [0.15, 0.2) is 5.82 Å². The predicted octanol–water partition coefficient (Wildman–Crippen LogP) is 3.92. The van der Waals surface area contributed by atoms with Crippen molar-refractivity contribution in [3.05, 3.63) is 72.2 Å². The molecule has 0 N–H and O–H groups in total. The maximum absolute atomic E-state index is 12.8. The molecule has 4 aromatic rings. The Kier molecular flexibility index (Phi) is 5.79. The number of aromatic nitrogens is 2. The van der Waals surface area contributed by atoms with Crippen molar-refractivity contribution in [3.63, 3.8) is 0 Å². The average molecular weight is 475 g/mol. The lowest BCUT2D eigenvalue weighted by Gasteiger charge is -2.26. The molecule has 0 unspecified atom stereocenters. The van der Waals surface area contributed by atoms with Gasteiger partial charge in [-0.1, -0.05) is 12.1 Å². The second-order valence-electron chi connectivity index (χ2n) is 7.90. The molecule has 2 aromatic carbocycles. The molecule has 0 aliphatic carbocycles. The molecule has 1 aliphatic heterocycles. The van der Waals surface area contributed by atoms with Crippen molar-refractivity contribution >= 4 is 32.7 Å². The molecule has 9 heteroatoms. The van der Waals surface area contributed by atoms with E-state index in [1.807, 2.05) is 35.9 Å². The molecule has 172 valence electrons. The number of hydrogen-bond donors (Lipinski definition) is 0. The first-order valence-corrected chi connectivity index (χ1v) is 12.2. The van der Waals surface area contributed by atoms with Crippen molar-refractivity contribution in [3.8, 4) is 17.4 Å². The largest absolute Gasteiger partial charge is 0.457 e. The van der Waals surface area contributed by atoms with Gasteiger partial charge in [0, 0.05) is 31.8 Å². The number of sulfonamides is 1. The van der Waals surface area contributed by atoms with Crippen LogP contribution in [0.1, 0.15) is 11.6 Å². The van der Waals surface area contributed by atoms with Crippen LogP contribution in [-0.4, -0.2) is 48.6 Å². The summed E-state index contributed by atoms with van der Waals surface area (Å²) in [5.74, 6) is 1.63. The molecule has 5 rings (SSSR count). The van der Waals surface area contributed by atoms with Crippen molar-refractivity contribution in [1.82, 2.24) is 13.9 Å². The lowest BCUT2D eigenvalue weighted by Crippen LogP contribution is -2.40. The summed E-state index contributed by atoms with van der Waals surface area (Å²) in [7, 11) is -1.68. The molecule has 8 nitrogen and oxygen atoms in total. The van der Waals surface area contributed by atoms with Gasteiger partial charge in [-0.05, 0) is 48.5 Å². The molecular formula is C25H22N4O4S. The zero-order valence-electron chi connectivity index (χ0n) is 18.5. The van der Waals surface area contributed by atoms with Crippen LogP contribution in [0.4, 0.5) is 0 Å². The average Bonchev–Trinajstić information content (AvgIpc) is 3.48. The van der Waals surface area contributed by atoms with Gasteiger partial charge in [-0.25, -0.2) is 13.4 Å². The van der Waals surface area contributed by atoms with Crippen LogP contribution in [0.5, 0.6) is 0 Å². The van der Waals surface area contributed by atoms with Gasteiger partial charge in [0.05, 0.1) is 34.7 Å². The zero-order chi connectivity index (χ0) is 23.7. The summed E-state index contributed by atoms with van der Waals surface area (Å²) in [5, 5.41) is 9.75. The van der Waals surface area contributed by atoms with Crippen molar-refractivity contribution < 1.29 is 17.6 Å². The molecule has 0 bridgehead atoms. The Hall–Kier alpha value is -3.71. The van der Waals surface area contributed by atoms with E-state index in [0.29, 0.717) is 49.2 Å². The van der Waals surface area contributed by atoms with Gasteiger partial charge >= 0.3 is 0 Å². The van der Waals surface area contributed by atoms with Gasteiger partial charge in [0.1, 0.15) is 17.6 Å². The molecule has 1 saturated heterocycles. The van der Waals surface area contributed by atoms with Crippen LogP contribution in [0.25, 0.3) is 34.0 Å². The molecule has 1 aliphatic rings. The topological polar surface area (TPSA) is 101 Å². The first-order valence-electron chi connectivity index (χ1n) is 10.8. The maximum atomic E-state index is 12.8. The van der Waals surface area contributed by atoms with Crippen LogP contribution in [-0.2, 0) is 21.8 Å². The number of furan rings is 1. The third-order valence-corrected chi connectivity index (χ3v) is 7.72. The van der Waals surface area contributed by atoms with E-state index in [1.165, 1.54) is 4.31 Å². The van der Waals surface area contributed by atoms with Gasteiger partial charge in [0.25, 0.3) is 0 Å². The summed E-state index contributed by atoms with van der Waals surface area (Å²) < 4.78 is 40.1. The molecule has 0 saturated carbocycles. The van der Waals surface area contributed by atoms with E-state index in [9.17, 15) is 13.7 Å². The highest BCUT2D eigenvalue weighted by Gasteiger charge is 2.26. The van der Waals surface area contributed by atoms with Gasteiger partial charge in [-0.15, -0.1) is 0 Å². The molecule has 1 fully saturated rings. The quantitative estimate of drug-likeness (QED) is 0.407. The molecule has 3 heterocycles. The van der Waals surface area contributed by atoms with Crippen LogP contribution in [0.15, 0.2) is 70.0 Å². The number of nitrogens with zero attached hydrogens (tertiary/aromatic N) is 4. The number of para-hydroxylation sites is 2. The van der Waals surface area contributed by atoms with Gasteiger partial charge in [-0.2, -0.15) is 9.57 Å². The summed E-state index contributed by atoms with van der Waals surface area (Å²) in [6.07, 6.45) is 1.65. The number of ether oxygens (including phenoxy) is 1. The Labute approximate surface area is 197 Å². The van der Waals surface area contributed by atoms with Crippen LogP contribution in [0.3, 0.4) is 0 Å². The summed E-state index contributed by atoms with van der Waals surface area (Å²) >= 11 is 0. The molecule has 0 spiro atoms. The SMILES string of the molecule is Cn1c(/C(C#N)=C/c2ccc(-c3ccc(S(=O)(=O)N4CCOCC4)cc3)o2)nc2ccccc21. The lowest BCUT2D eigenvalue weighted by molar-refractivity contribution is 0.0730. The smallest absolute Gasteiger partial charge is 0.243 e. The third kappa shape index (κ3) is 4.03. The van der Waals surface area contributed by atoms with E-state index in [-0.39, 0.29) is 4.90 Å². The first-order chi connectivity index (χ1) is 16.5. The lowest BCUT2D eigenvalue weighted by atomic mass is 10.2. The molecule has 2 aromatic heterocycles. The summed E-state index contributed by atoms with van der Waals surface area (Å²) in [5.41, 5.74) is 2.87. The van der Waals surface area contributed by atoms with Crippen LogP contribution >= 0.6 is 0 Å². The van der Waals surface area contributed by atoms with Gasteiger partial charge in [0.2, 0.25) is 10.0 Å².